The third-order valence-electron chi connectivity index (χ3n) is 4.46. The number of benzene rings is 1. The topological polar surface area (TPSA) is 77.5 Å². The lowest BCUT2D eigenvalue weighted by Crippen LogP contribution is -2.12. The molecule has 0 saturated carbocycles. The lowest BCUT2D eigenvalue weighted by molar-refractivity contribution is 0.100. The van der Waals surface area contributed by atoms with E-state index in [-0.39, 0.29) is 17.2 Å². The Morgan fingerprint density at radius 1 is 1.36 bits per heavy atom. The van der Waals surface area contributed by atoms with Crippen molar-refractivity contribution in [3.63, 3.8) is 0 Å². The molecular weight excluding hydrogens is 377 g/mol. The maximum Gasteiger partial charge on any atom is 0.279 e. The molecule has 0 bridgehead atoms. The highest BCUT2D eigenvalue weighted by molar-refractivity contribution is 8.17. The molecule has 28 heavy (non-hydrogen) atoms. The summed E-state index contributed by atoms with van der Waals surface area (Å²) >= 11 is 1.50. The fraction of sp³-hybridized carbons (Fsp3) is 0.333. The Balaban J connectivity index is 2.03. The fourth-order valence-corrected chi connectivity index (χ4v) is 3.95. The van der Waals surface area contributed by atoms with Gasteiger partial charge in [0.25, 0.3) is 5.91 Å². The number of aromatic amines is 1. The standard InChI is InChI=1S/C21H24FN3O2S/c1-3-4-8-19-25-21(27)14-11-17(20-15(22)6-5-7-18(20)26)24-16(14)9-10-23-12-13(2)28-19/h5-7,11-12,23-24,26H,3-4,8-10H2,1-2H3/b13-12+,25-19?. The maximum atomic E-state index is 14.3. The third kappa shape index (κ3) is 4.65. The minimum atomic E-state index is -0.549. The summed E-state index contributed by atoms with van der Waals surface area (Å²) < 4.78 is 14.3. The van der Waals surface area contributed by atoms with Crippen molar-refractivity contribution in [2.45, 2.75) is 39.5 Å². The molecule has 1 aliphatic rings. The van der Waals surface area contributed by atoms with Crippen LogP contribution in [0, 0.1) is 5.82 Å². The smallest absolute Gasteiger partial charge is 0.279 e. The van der Waals surface area contributed by atoms with Crippen LogP contribution in [-0.2, 0) is 6.42 Å². The molecule has 1 amide bonds. The monoisotopic (exact) mass is 401 g/mol. The van der Waals surface area contributed by atoms with Gasteiger partial charge in [0, 0.05) is 29.8 Å². The number of carbonyl (C=O) groups excluding carboxylic acids is 1. The van der Waals surface area contributed by atoms with E-state index in [1.165, 1.54) is 30.0 Å². The molecule has 1 aromatic heterocycles. The number of aromatic nitrogens is 1. The molecule has 0 saturated heterocycles. The van der Waals surface area contributed by atoms with Crippen molar-refractivity contribution in [1.82, 2.24) is 10.3 Å². The Kier molecular flexibility index (Phi) is 6.57. The number of aromatic hydroxyl groups is 1. The average molecular weight is 402 g/mol. The lowest BCUT2D eigenvalue weighted by atomic mass is 10.1. The van der Waals surface area contributed by atoms with Gasteiger partial charge in [0.1, 0.15) is 11.6 Å². The van der Waals surface area contributed by atoms with Crippen molar-refractivity contribution in [1.29, 1.82) is 0 Å². The largest absolute Gasteiger partial charge is 0.507 e. The first kappa shape index (κ1) is 20.2. The number of halogens is 1. The minimum Gasteiger partial charge on any atom is -0.507 e. The summed E-state index contributed by atoms with van der Waals surface area (Å²) in [6.45, 7) is 4.70. The number of unbranched alkanes of at least 4 members (excludes halogenated alkanes) is 1. The minimum absolute atomic E-state index is 0.0585. The fourth-order valence-electron chi connectivity index (χ4n) is 3.06. The second kappa shape index (κ2) is 9.10. The number of nitrogens with zero attached hydrogens (tertiary/aromatic N) is 1. The molecule has 1 aliphatic heterocycles. The molecule has 0 radical (unpaired) electrons. The van der Waals surface area contributed by atoms with Gasteiger partial charge in [-0.05, 0) is 38.0 Å². The summed E-state index contributed by atoms with van der Waals surface area (Å²) in [4.78, 5) is 21.4. The zero-order chi connectivity index (χ0) is 20.1. The van der Waals surface area contributed by atoms with Crippen molar-refractivity contribution in [2.75, 3.05) is 6.54 Å². The van der Waals surface area contributed by atoms with E-state index < -0.39 is 5.82 Å². The van der Waals surface area contributed by atoms with E-state index in [9.17, 15) is 14.3 Å². The number of rotatable bonds is 4. The van der Waals surface area contributed by atoms with Crippen LogP contribution in [0.3, 0.4) is 0 Å². The van der Waals surface area contributed by atoms with Gasteiger partial charge in [-0.1, -0.05) is 31.2 Å². The Morgan fingerprint density at radius 3 is 2.93 bits per heavy atom. The van der Waals surface area contributed by atoms with Crippen LogP contribution < -0.4 is 5.32 Å². The van der Waals surface area contributed by atoms with Crippen LogP contribution in [0.15, 0.2) is 40.4 Å². The molecule has 2 aromatic rings. The molecule has 0 unspecified atom stereocenters. The van der Waals surface area contributed by atoms with Crippen LogP contribution >= 0.6 is 11.8 Å². The molecule has 7 heteroatoms. The summed E-state index contributed by atoms with van der Waals surface area (Å²) in [5.41, 5.74) is 1.51. The molecule has 1 aromatic carbocycles. The predicted molar refractivity (Wildman–Crippen MR) is 112 cm³/mol. The normalized spacial score (nSPS) is 17.0. The SMILES string of the molecule is CCCCC1=NC(=O)c2cc(-c3c(O)cccc3F)[nH]c2CCN/C=C(\C)S1. The first-order valence-electron chi connectivity index (χ1n) is 9.39. The van der Waals surface area contributed by atoms with Crippen molar-refractivity contribution < 1.29 is 14.3 Å². The molecule has 0 spiro atoms. The zero-order valence-corrected chi connectivity index (χ0v) is 16.8. The van der Waals surface area contributed by atoms with Crippen molar-refractivity contribution >= 4 is 22.7 Å². The predicted octanol–water partition coefficient (Wildman–Crippen LogP) is 5.00. The number of aliphatic imine (C=N–C) groups is 1. The van der Waals surface area contributed by atoms with Gasteiger partial charge in [0.2, 0.25) is 0 Å². The van der Waals surface area contributed by atoms with Gasteiger partial charge in [-0.15, -0.1) is 0 Å². The molecule has 0 atom stereocenters. The molecule has 3 N–H and O–H groups in total. The summed E-state index contributed by atoms with van der Waals surface area (Å²) in [7, 11) is 0. The van der Waals surface area contributed by atoms with E-state index in [4.69, 9.17) is 0 Å². The van der Waals surface area contributed by atoms with Gasteiger partial charge < -0.3 is 15.4 Å². The second-order valence-electron chi connectivity index (χ2n) is 6.68. The number of amides is 1. The Labute approximate surface area is 168 Å². The van der Waals surface area contributed by atoms with Crippen molar-refractivity contribution in [3.8, 4) is 17.0 Å². The van der Waals surface area contributed by atoms with E-state index in [0.29, 0.717) is 29.9 Å². The van der Waals surface area contributed by atoms with E-state index in [1.807, 2.05) is 13.1 Å². The first-order valence-corrected chi connectivity index (χ1v) is 10.2. The number of thioether (sulfide) groups is 1. The summed E-state index contributed by atoms with van der Waals surface area (Å²) in [6, 6.07) is 5.73. The molecule has 0 fully saturated rings. The highest BCUT2D eigenvalue weighted by Gasteiger charge is 2.20. The number of phenolic OH excluding ortho intramolecular Hbond substituents is 1. The van der Waals surface area contributed by atoms with Gasteiger partial charge in [-0.3, -0.25) is 4.79 Å². The van der Waals surface area contributed by atoms with E-state index in [0.717, 1.165) is 29.2 Å². The molecule has 2 heterocycles. The third-order valence-corrected chi connectivity index (χ3v) is 5.44. The van der Waals surface area contributed by atoms with Crippen LogP contribution in [0.4, 0.5) is 4.39 Å². The lowest BCUT2D eigenvalue weighted by Gasteiger charge is -2.06. The highest BCUT2D eigenvalue weighted by atomic mass is 32.2. The Morgan fingerprint density at radius 2 is 2.18 bits per heavy atom. The number of H-pyrrole nitrogens is 1. The quantitative estimate of drug-likeness (QED) is 0.674. The molecule has 0 aliphatic carbocycles. The second-order valence-corrected chi connectivity index (χ2v) is 8.00. The van der Waals surface area contributed by atoms with Crippen LogP contribution in [0.2, 0.25) is 0 Å². The number of phenols is 1. The van der Waals surface area contributed by atoms with Gasteiger partial charge in [0.05, 0.1) is 21.9 Å². The zero-order valence-electron chi connectivity index (χ0n) is 16.0. The molecule has 5 nitrogen and oxygen atoms in total. The molecular formula is C21H24FN3O2S. The summed E-state index contributed by atoms with van der Waals surface area (Å²) in [5.74, 6) is -1.07. The number of fused-ring (bicyclic) bond motifs is 1. The van der Waals surface area contributed by atoms with E-state index in [1.54, 1.807) is 6.07 Å². The highest BCUT2D eigenvalue weighted by Crippen LogP contribution is 2.33. The van der Waals surface area contributed by atoms with Crippen molar-refractivity contribution in [2.24, 2.45) is 4.99 Å². The number of allylic oxidation sites excluding steroid dienone is 1. The van der Waals surface area contributed by atoms with Crippen LogP contribution in [0.25, 0.3) is 11.3 Å². The molecule has 148 valence electrons. The maximum absolute atomic E-state index is 14.3. The molecule has 3 rings (SSSR count). The van der Waals surface area contributed by atoms with Crippen LogP contribution in [-0.4, -0.2) is 27.6 Å². The number of hydrogen-bond donors (Lipinski definition) is 3. The number of nitrogens with one attached hydrogen (secondary N) is 2. The van der Waals surface area contributed by atoms with E-state index >= 15 is 0 Å². The average Bonchev–Trinajstić information content (AvgIpc) is 3.06. The number of hydrogen-bond acceptors (Lipinski definition) is 4. The Hall–Kier alpha value is -2.54. The van der Waals surface area contributed by atoms with Gasteiger partial charge in [-0.25, -0.2) is 9.38 Å². The van der Waals surface area contributed by atoms with Crippen LogP contribution in [0.1, 0.15) is 49.2 Å². The summed E-state index contributed by atoms with van der Waals surface area (Å²) in [6.07, 6.45) is 5.17. The van der Waals surface area contributed by atoms with Gasteiger partial charge in [0.15, 0.2) is 0 Å². The number of carbonyl (C=O) groups is 1. The van der Waals surface area contributed by atoms with Crippen molar-refractivity contribution in [3.05, 3.63) is 52.4 Å². The first-order chi connectivity index (χ1) is 13.5. The summed E-state index contributed by atoms with van der Waals surface area (Å²) in [5, 5.41) is 14.1. The van der Waals surface area contributed by atoms with E-state index in [2.05, 4.69) is 22.2 Å². The van der Waals surface area contributed by atoms with Gasteiger partial charge >= 0.3 is 0 Å². The van der Waals surface area contributed by atoms with Gasteiger partial charge in [-0.2, -0.15) is 0 Å². The Bertz CT molecular complexity index is 913. The van der Waals surface area contributed by atoms with Crippen LogP contribution in [0.5, 0.6) is 5.75 Å².